The maximum absolute atomic E-state index is 13.0. The molecule has 2 rings (SSSR count). The molecule has 0 aromatic heterocycles. The molecular weight excluding hydrogens is 330 g/mol. The molecule has 0 aliphatic carbocycles. The maximum Gasteiger partial charge on any atom is 0.433 e. The number of aliphatic hydroxyl groups excluding tert-OH is 1. The average Bonchev–Trinajstić information content (AvgIpc) is 2.90. The van der Waals surface area contributed by atoms with Gasteiger partial charge in [-0.25, -0.2) is 0 Å². The van der Waals surface area contributed by atoms with Crippen LogP contribution in [-0.4, -0.2) is 36.8 Å². The number of hydrogen-bond acceptors (Lipinski definition) is 4. The summed E-state index contributed by atoms with van der Waals surface area (Å²) in [4.78, 5) is 0.581. The van der Waals surface area contributed by atoms with Crippen LogP contribution in [0.2, 0.25) is 0 Å². The second-order valence-corrected chi connectivity index (χ2v) is 4.83. The molecule has 0 amide bonds. The minimum Gasteiger partial charge on any atom is -0.394 e. The van der Waals surface area contributed by atoms with Crippen molar-refractivity contribution in [1.29, 1.82) is 5.26 Å². The van der Waals surface area contributed by atoms with E-state index in [1.54, 1.807) is 0 Å². The van der Waals surface area contributed by atoms with Gasteiger partial charge in [-0.3, -0.25) is 0 Å². The third kappa shape index (κ3) is 3.51. The molecule has 2 atom stereocenters. The van der Waals surface area contributed by atoms with Crippen LogP contribution in [-0.2, 0) is 10.9 Å². The van der Waals surface area contributed by atoms with E-state index in [0.29, 0.717) is 11.0 Å². The summed E-state index contributed by atoms with van der Waals surface area (Å²) in [6, 6.07) is 3.61. The minimum absolute atomic E-state index is 0.394. The van der Waals surface area contributed by atoms with Gasteiger partial charge in [-0.2, -0.15) is 31.6 Å². The van der Waals surface area contributed by atoms with Crippen molar-refractivity contribution in [1.82, 2.24) is 0 Å². The Morgan fingerprint density at radius 2 is 1.91 bits per heavy atom. The molecule has 10 heteroatoms. The molecule has 1 fully saturated rings. The number of hydrogen-bond donors (Lipinski definition) is 1. The van der Waals surface area contributed by atoms with Crippen LogP contribution in [0.3, 0.4) is 0 Å². The van der Waals surface area contributed by atoms with Crippen LogP contribution in [0.25, 0.3) is 0 Å². The highest BCUT2D eigenvalue weighted by atomic mass is 19.4. The van der Waals surface area contributed by atoms with Crippen LogP contribution in [0.1, 0.15) is 11.1 Å². The predicted octanol–water partition coefficient (Wildman–Crippen LogP) is 2.66. The molecule has 0 radical (unpaired) electrons. The molecule has 23 heavy (non-hydrogen) atoms. The monoisotopic (exact) mass is 340 g/mol. The molecule has 0 spiro atoms. The van der Waals surface area contributed by atoms with Crippen LogP contribution in [0.5, 0.6) is 0 Å². The van der Waals surface area contributed by atoms with Gasteiger partial charge < -0.3 is 14.7 Å². The Hall–Kier alpha value is -1.99. The van der Waals surface area contributed by atoms with E-state index < -0.39 is 54.7 Å². The minimum atomic E-state index is -4.88. The Balaban J connectivity index is 2.46. The maximum atomic E-state index is 13.0. The lowest BCUT2D eigenvalue weighted by molar-refractivity contribution is -0.215. The van der Waals surface area contributed by atoms with Crippen LogP contribution < -0.4 is 4.90 Å². The van der Waals surface area contributed by atoms with Gasteiger partial charge in [0.1, 0.15) is 6.10 Å². The number of alkyl halides is 6. The number of aliphatic hydroxyl groups is 1. The van der Waals surface area contributed by atoms with E-state index >= 15 is 0 Å². The third-order valence-electron chi connectivity index (χ3n) is 3.25. The fourth-order valence-corrected chi connectivity index (χ4v) is 2.25. The number of nitrogens with zero attached hydrogens (tertiary/aromatic N) is 2. The van der Waals surface area contributed by atoms with Crippen molar-refractivity contribution in [2.75, 3.05) is 18.1 Å². The van der Waals surface area contributed by atoms with Crippen molar-refractivity contribution in [3.63, 3.8) is 0 Å². The highest BCUT2D eigenvalue weighted by Gasteiger charge is 2.51. The van der Waals surface area contributed by atoms with Gasteiger partial charge in [-0.05, 0) is 18.2 Å². The van der Waals surface area contributed by atoms with Gasteiger partial charge in [0.2, 0.25) is 6.23 Å². The second-order valence-electron chi connectivity index (χ2n) is 4.83. The van der Waals surface area contributed by atoms with E-state index in [0.717, 1.165) is 12.1 Å². The van der Waals surface area contributed by atoms with Gasteiger partial charge in [0, 0.05) is 12.2 Å². The van der Waals surface area contributed by atoms with Crippen molar-refractivity contribution in [3.8, 4) is 6.07 Å². The summed E-state index contributed by atoms with van der Waals surface area (Å²) in [6.45, 7) is -1.13. The van der Waals surface area contributed by atoms with E-state index in [9.17, 15) is 26.3 Å². The number of rotatable bonds is 2. The number of ether oxygens (including phenoxy) is 1. The summed E-state index contributed by atoms with van der Waals surface area (Å²) in [5.74, 6) is 0. The first kappa shape index (κ1) is 17.4. The molecule has 0 bridgehead atoms. The number of nitriles is 1. The Labute approximate surface area is 126 Å². The molecular formula is C13H10F6N2O2. The summed E-state index contributed by atoms with van der Waals surface area (Å²) in [7, 11) is 0. The zero-order chi connectivity index (χ0) is 17.4. The second kappa shape index (κ2) is 5.90. The van der Waals surface area contributed by atoms with Gasteiger partial charge in [-0.1, -0.05) is 0 Å². The first-order valence-electron chi connectivity index (χ1n) is 6.29. The van der Waals surface area contributed by atoms with Crippen LogP contribution in [0, 0.1) is 11.3 Å². The topological polar surface area (TPSA) is 56.5 Å². The normalized spacial score (nSPS) is 22.3. The van der Waals surface area contributed by atoms with Gasteiger partial charge >= 0.3 is 12.4 Å². The molecule has 0 unspecified atom stereocenters. The summed E-state index contributed by atoms with van der Waals surface area (Å²) < 4.78 is 82.3. The molecule has 1 saturated heterocycles. The quantitative estimate of drug-likeness (QED) is 0.841. The van der Waals surface area contributed by atoms with Crippen LogP contribution >= 0.6 is 0 Å². The Bertz CT molecular complexity index is 622. The first-order valence-corrected chi connectivity index (χ1v) is 6.29. The standard InChI is InChI=1S/C13H10F6N2O2/c14-12(15,16)10-3-8(2-1-7(10)4-20)21-5-9(6-22)23-11(21)13(17,18)19/h1-3,9,11,22H,5-6H2/t9-,11+/m1/s1. The highest BCUT2D eigenvalue weighted by Crippen LogP contribution is 2.38. The van der Waals surface area contributed by atoms with Crippen LogP contribution in [0.4, 0.5) is 32.0 Å². The molecule has 0 saturated carbocycles. The number of benzene rings is 1. The molecule has 1 aliphatic rings. The SMILES string of the molecule is N#Cc1ccc(N2C[C@H](CO)O[C@H]2C(F)(F)F)cc1C(F)(F)F. The average molecular weight is 340 g/mol. The van der Waals surface area contributed by atoms with Crippen molar-refractivity contribution in [2.45, 2.75) is 24.7 Å². The largest absolute Gasteiger partial charge is 0.433 e. The molecule has 4 nitrogen and oxygen atoms in total. The van der Waals surface area contributed by atoms with Gasteiger partial charge in [0.25, 0.3) is 0 Å². The van der Waals surface area contributed by atoms with Crippen molar-refractivity contribution >= 4 is 5.69 Å². The predicted molar refractivity (Wildman–Crippen MR) is 65.3 cm³/mol. The summed E-state index contributed by atoms with van der Waals surface area (Å²) in [6.07, 6.45) is -13.4. The smallest absolute Gasteiger partial charge is 0.394 e. The molecule has 1 aromatic carbocycles. The number of anilines is 1. The van der Waals surface area contributed by atoms with E-state index in [1.807, 2.05) is 0 Å². The fraction of sp³-hybridized carbons (Fsp3) is 0.462. The van der Waals surface area contributed by atoms with E-state index in [2.05, 4.69) is 4.74 Å². The van der Waals surface area contributed by atoms with E-state index in [4.69, 9.17) is 10.4 Å². The molecule has 126 valence electrons. The first-order chi connectivity index (χ1) is 10.6. The zero-order valence-electron chi connectivity index (χ0n) is 11.3. The third-order valence-corrected chi connectivity index (χ3v) is 3.25. The molecule has 1 aliphatic heterocycles. The Morgan fingerprint density at radius 1 is 1.26 bits per heavy atom. The van der Waals surface area contributed by atoms with Gasteiger partial charge in [0.05, 0.1) is 23.8 Å². The van der Waals surface area contributed by atoms with Crippen molar-refractivity contribution in [2.24, 2.45) is 0 Å². The Morgan fingerprint density at radius 3 is 2.39 bits per heavy atom. The summed E-state index contributed by atoms with van der Waals surface area (Å²) in [5.41, 5.74) is -2.41. The molecule has 1 heterocycles. The summed E-state index contributed by atoms with van der Waals surface area (Å²) in [5, 5.41) is 17.6. The van der Waals surface area contributed by atoms with Crippen molar-refractivity contribution < 1.29 is 36.2 Å². The van der Waals surface area contributed by atoms with Crippen LogP contribution in [0.15, 0.2) is 18.2 Å². The number of halogens is 6. The molecule has 1 N–H and O–H groups in total. The van der Waals surface area contributed by atoms with Gasteiger partial charge in [-0.15, -0.1) is 0 Å². The highest BCUT2D eigenvalue weighted by molar-refractivity contribution is 5.56. The molecule has 1 aromatic rings. The summed E-state index contributed by atoms with van der Waals surface area (Å²) >= 11 is 0. The lowest BCUT2D eigenvalue weighted by atomic mass is 10.1. The van der Waals surface area contributed by atoms with E-state index in [-0.39, 0.29) is 0 Å². The zero-order valence-corrected chi connectivity index (χ0v) is 11.3. The van der Waals surface area contributed by atoms with Crippen molar-refractivity contribution in [3.05, 3.63) is 29.3 Å². The van der Waals surface area contributed by atoms with E-state index in [1.165, 1.54) is 6.07 Å². The lowest BCUT2D eigenvalue weighted by Gasteiger charge is -2.27. The van der Waals surface area contributed by atoms with Gasteiger partial charge in [0.15, 0.2) is 0 Å². The fourth-order valence-electron chi connectivity index (χ4n) is 2.25. The lowest BCUT2D eigenvalue weighted by Crippen LogP contribution is -2.42. The Kier molecular flexibility index (Phi) is 4.45.